The average molecular weight is 271 g/mol. The number of benzene rings is 1. The van der Waals surface area contributed by atoms with E-state index in [1.165, 1.54) is 6.07 Å². The van der Waals surface area contributed by atoms with Gasteiger partial charge in [-0.15, -0.1) is 0 Å². The zero-order valence-corrected chi connectivity index (χ0v) is 11.1. The van der Waals surface area contributed by atoms with Gasteiger partial charge in [-0.1, -0.05) is 18.2 Å². The molecule has 1 aromatic carbocycles. The fraction of sp³-hybridized carbons (Fsp3) is 0.333. The zero-order valence-electron chi connectivity index (χ0n) is 11.1. The molecule has 0 spiro atoms. The Morgan fingerprint density at radius 1 is 1.35 bits per heavy atom. The molecular weight excluding hydrogens is 254 g/mol. The van der Waals surface area contributed by atoms with Crippen LogP contribution in [0.4, 0.5) is 0 Å². The summed E-state index contributed by atoms with van der Waals surface area (Å²) in [5.74, 6) is -0.246. The minimum atomic E-state index is -0.278. The number of pyridine rings is 1. The van der Waals surface area contributed by atoms with Gasteiger partial charge in [0.05, 0.1) is 5.56 Å². The summed E-state index contributed by atoms with van der Waals surface area (Å²) in [6.07, 6.45) is 2.98. The molecule has 1 aliphatic carbocycles. The SMILES string of the molecule is NC1(CNC(=O)c2cc(=O)[nH]c3ccccc23)CCC1. The summed E-state index contributed by atoms with van der Waals surface area (Å²) in [5, 5.41) is 3.58. The van der Waals surface area contributed by atoms with Gasteiger partial charge in [0.25, 0.3) is 5.91 Å². The lowest BCUT2D eigenvalue weighted by molar-refractivity contribution is 0.0931. The quantitative estimate of drug-likeness (QED) is 0.782. The van der Waals surface area contributed by atoms with E-state index < -0.39 is 0 Å². The summed E-state index contributed by atoms with van der Waals surface area (Å²) in [5.41, 5.74) is 6.60. The molecule has 20 heavy (non-hydrogen) atoms. The average Bonchev–Trinajstić information content (AvgIpc) is 2.41. The third kappa shape index (κ3) is 2.32. The lowest BCUT2D eigenvalue weighted by Crippen LogP contribution is -2.55. The van der Waals surface area contributed by atoms with Crippen LogP contribution < -0.4 is 16.6 Å². The second kappa shape index (κ2) is 4.76. The van der Waals surface area contributed by atoms with Gasteiger partial charge in [-0.3, -0.25) is 9.59 Å². The molecule has 0 radical (unpaired) electrons. The Bertz CT molecular complexity index is 716. The predicted octanol–water partition coefficient (Wildman–Crippen LogP) is 1.14. The van der Waals surface area contributed by atoms with Gasteiger partial charge in [0.15, 0.2) is 0 Å². The van der Waals surface area contributed by atoms with Crippen molar-refractivity contribution in [3.63, 3.8) is 0 Å². The topological polar surface area (TPSA) is 88.0 Å². The Hall–Kier alpha value is -2.14. The van der Waals surface area contributed by atoms with Crippen LogP contribution in [-0.2, 0) is 0 Å². The van der Waals surface area contributed by atoms with Crippen molar-refractivity contribution in [3.8, 4) is 0 Å². The second-order valence-corrected chi connectivity index (χ2v) is 5.49. The van der Waals surface area contributed by atoms with Crippen molar-refractivity contribution in [2.45, 2.75) is 24.8 Å². The third-order valence-corrected chi connectivity index (χ3v) is 3.95. The first-order chi connectivity index (χ1) is 9.57. The van der Waals surface area contributed by atoms with E-state index in [-0.39, 0.29) is 17.0 Å². The maximum atomic E-state index is 12.3. The number of para-hydroxylation sites is 1. The first-order valence-electron chi connectivity index (χ1n) is 6.77. The van der Waals surface area contributed by atoms with Gasteiger partial charge in [-0.2, -0.15) is 0 Å². The van der Waals surface area contributed by atoms with Crippen molar-refractivity contribution in [3.05, 3.63) is 46.2 Å². The van der Waals surface area contributed by atoms with Crippen molar-refractivity contribution in [2.24, 2.45) is 5.73 Å². The molecule has 0 unspecified atom stereocenters. The van der Waals surface area contributed by atoms with E-state index in [0.29, 0.717) is 17.6 Å². The van der Waals surface area contributed by atoms with Crippen molar-refractivity contribution in [1.29, 1.82) is 0 Å². The van der Waals surface area contributed by atoms with E-state index in [9.17, 15) is 9.59 Å². The molecule has 0 bridgehead atoms. The number of rotatable bonds is 3. The molecule has 1 amide bonds. The molecule has 1 heterocycles. The number of amides is 1. The first-order valence-corrected chi connectivity index (χ1v) is 6.77. The molecule has 0 atom stereocenters. The summed E-state index contributed by atoms with van der Waals surface area (Å²) in [6.45, 7) is 0.451. The zero-order chi connectivity index (χ0) is 14.2. The van der Waals surface area contributed by atoms with Crippen LogP contribution in [0.25, 0.3) is 10.9 Å². The van der Waals surface area contributed by atoms with E-state index in [4.69, 9.17) is 5.73 Å². The lowest BCUT2D eigenvalue weighted by Gasteiger charge is -2.38. The molecule has 0 saturated heterocycles. The molecule has 1 saturated carbocycles. The van der Waals surface area contributed by atoms with Gasteiger partial charge in [0, 0.05) is 29.1 Å². The van der Waals surface area contributed by atoms with Crippen LogP contribution in [0.5, 0.6) is 0 Å². The van der Waals surface area contributed by atoms with Crippen LogP contribution in [0.2, 0.25) is 0 Å². The van der Waals surface area contributed by atoms with Crippen LogP contribution in [0, 0.1) is 0 Å². The Morgan fingerprint density at radius 2 is 2.10 bits per heavy atom. The summed E-state index contributed by atoms with van der Waals surface area (Å²) in [7, 11) is 0. The number of nitrogens with one attached hydrogen (secondary N) is 2. The Morgan fingerprint density at radius 3 is 2.80 bits per heavy atom. The number of fused-ring (bicyclic) bond motifs is 1. The van der Waals surface area contributed by atoms with Crippen LogP contribution >= 0.6 is 0 Å². The molecule has 3 rings (SSSR count). The lowest BCUT2D eigenvalue weighted by atomic mass is 9.78. The predicted molar refractivity (Wildman–Crippen MR) is 77.7 cm³/mol. The molecule has 4 N–H and O–H groups in total. The minimum Gasteiger partial charge on any atom is -0.350 e. The standard InChI is InChI=1S/C15H17N3O2/c16-15(6-3-7-15)9-17-14(20)11-8-13(19)18-12-5-2-1-4-10(11)12/h1-2,4-5,8H,3,6-7,9,16H2,(H,17,20)(H,18,19). The van der Waals surface area contributed by atoms with Crippen molar-refractivity contribution in [2.75, 3.05) is 6.54 Å². The largest absolute Gasteiger partial charge is 0.350 e. The van der Waals surface area contributed by atoms with Gasteiger partial charge >= 0.3 is 0 Å². The Balaban J connectivity index is 1.89. The number of hydrogen-bond acceptors (Lipinski definition) is 3. The summed E-state index contributed by atoms with van der Waals surface area (Å²) >= 11 is 0. The molecule has 1 aliphatic rings. The summed E-state index contributed by atoms with van der Waals surface area (Å²) in [6, 6.07) is 8.60. The van der Waals surface area contributed by atoms with E-state index in [0.717, 1.165) is 24.6 Å². The monoisotopic (exact) mass is 271 g/mol. The number of carbonyl (C=O) groups is 1. The highest BCUT2D eigenvalue weighted by Crippen LogP contribution is 2.28. The highest BCUT2D eigenvalue weighted by Gasteiger charge is 2.32. The molecule has 0 aliphatic heterocycles. The number of aromatic amines is 1. The Kier molecular flexibility index (Phi) is 3.06. The normalized spacial score (nSPS) is 16.6. The van der Waals surface area contributed by atoms with Gasteiger partial charge in [-0.05, 0) is 25.3 Å². The number of hydrogen-bond donors (Lipinski definition) is 3. The summed E-state index contributed by atoms with van der Waals surface area (Å²) in [4.78, 5) is 26.6. The van der Waals surface area contributed by atoms with Gasteiger partial charge in [-0.25, -0.2) is 0 Å². The molecule has 5 heteroatoms. The first kappa shape index (κ1) is 12.9. The minimum absolute atomic E-state index is 0.246. The van der Waals surface area contributed by atoms with Crippen LogP contribution in [0.3, 0.4) is 0 Å². The maximum Gasteiger partial charge on any atom is 0.252 e. The molecule has 5 nitrogen and oxygen atoms in total. The van der Waals surface area contributed by atoms with Crippen LogP contribution in [0.1, 0.15) is 29.6 Å². The Labute approximate surface area is 116 Å². The van der Waals surface area contributed by atoms with E-state index in [2.05, 4.69) is 10.3 Å². The molecule has 104 valence electrons. The number of carbonyl (C=O) groups excluding carboxylic acids is 1. The molecule has 1 aromatic heterocycles. The van der Waals surface area contributed by atoms with Crippen molar-refractivity contribution >= 4 is 16.8 Å². The van der Waals surface area contributed by atoms with Gasteiger partial charge in [0.2, 0.25) is 5.56 Å². The van der Waals surface area contributed by atoms with E-state index in [1.807, 2.05) is 18.2 Å². The van der Waals surface area contributed by atoms with Crippen LogP contribution in [0.15, 0.2) is 35.1 Å². The highest BCUT2D eigenvalue weighted by molar-refractivity contribution is 6.05. The second-order valence-electron chi connectivity index (χ2n) is 5.49. The highest BCUT2D eigenvalue weighted by atomic mass is 16.2. The third-order valence-electron chi connectivity index (χ3n) is 3.95. The van der Waals surface area contributed by atoms with Gasteiger partial charge in [0.1, 0.15) is 0 Å². The fourth-order valence-corrected chi connectivity index (χ4v) is 2.55. The van der Waals surface area contributed by atoms with Crippen molar-refractivity contribution < 1.29 is 4.79 Å². The fourth-order valence-electron chi connectivity index (χ4n) is 2.55. The van der Waals surface area contributed by atoms with E-state index >= 15 is 0 Å². The summed E-state index contributed by atoms with van der Waals surface area (Å²) < 4.78 is 0. The van der Waals surface area contributed by atoms with Crippen molar-refractivity contribution in [1.82, 2.24) is 10.3 Å². The van der Waals surface area contributed by atoms with Gasteiger partial charge < -0.3 is 16.0 Å². The molecule has 1 fully saturated rings. The number of aromatic nitrogens is 1. The van der Waals surface area contributed by atoms with Crippen LogP contribution in [-0.4, -0.2) is 23.0 Å². The molecular formula is C15H17N3O2. The number of H-pyrrole nitrogens is 1. The molecule has 2 aromatic rings. The smallest absolute Gasteiger partial charge is 0.252 e. The maximum absolute atomic E-state index is 12.3. The van der Waals surface area contributed by atoms with E-state index in [1.54, 1.807) is 6.07 Å². The number of nitrogens with two attached hydrogens (primary N) is 1.